The van der Waals surface area contributed by atoms with Gasteiger partial charge in [-0.15, -0.1) is 0 Å². The Bertz CT molecular complexity index is 450. The molecule has 1 rings (SSSR count). The van der Waals surface area contributed by atoms with Crippen LogP contribution >= 0.6 is 23.2 Å². The van der Waals surface area contributed by atoms with Gasteiger partial charge in [0, 0.05) is 29.1 Å². The van der Waals surface area contributed by atoms with Crippen molar-refractivity contribution in [2.75, 3.05) is 33.9 Å². The molecule has 0 aliphatic carbocycles. The number of aliphatic hydroxyl groups is 2. The number of halogens is 2. The van der Waals surface area contributed by atoms with Crippen molar-refractivity contribution in [3.05, 3.63) is 27.7 Å². The fourth-order valence-electron chi connectivity index (χ4n) is 2.11. The molecule has 0 amide bonds. The van der Waals surface area contributed by atoms with Crippen molar-refractivity contribution in [3.8, 4) is 5.75 Å². The number of rotatable bonds is 7. The van der Waals surface area contributed by atoms with E-state index in [0.717, 1.165) is 5.56 Å². The van der Waals surface area contributed by atoms with Gasteiger partial charge in [0.2, 0.25) is 0 Å². The smallest absolute Gasteiger partial charge is 0.142 e. The minimum atomic E-state index is -0.551. The molecule has 1 aromatic carbocycles. The Labute approximate surface area is 129 Å². The topological polar surface area (TPSA) is 52.9 Å². The van der Waals surface area contributed by atoms with Crippen LogP contribution in [0.2, 0.25) is 10.0 Å². The summed E-state index contributed by atoms with van der Waals surface area (Å²) in [4.78, 5) is 1.98. The number of benzene rings is 1. The molecule has 0 saturated heterocycles. The highest BCUT2D eigenvalue weighted by Gasteiger charge is 2.25. The summed E-state index contributed by atoms with van der Waals surface area (Å²) in [7, 11) is 3.46. The first-order valence-electron chi connectivity index (χ1n) is 6.27. The molecular formula is C14H21Cl2NO3. The van der Waals surface area contributed by atoms with E-state index < -0.39 is 5.41 Å². The summed E-state index contributed by atoms with van der Waals surface area (Å²) in [6.45, 7) is 2.75. The number of methoxy groups -OCH3 is 1. The lowest BCUT2D eigenvalue weighted by atomic mass is 9.92. The number of aliphatic hydroxyl groups excluding tert-OH is 2. The molecule has 4 nitrogen and oxygen atoms in total. The Morgan fingerprint density at radius 2 is 1.85 bits per heavy atom. The van der Waals surface area contributed by atoms with Crippen LogP contribution in [0.4, 0.5) is 0 Å². The minimum absolute atomic E-state index is 0.0821. The quantitative estimate of drug-likeness (QED) is 0.809. The average molecular weight is 322 g/mol. The van der Waals surface area contributed by atoms with Crippen LogP contribution < -0.4 is 4.74 Å². The molecule has 0 bridgehead atoms. The molecule has 6 heteroatoms. The first-order valence-corrected chi connectivity index (χ1v) is 7.03. The molecule has 0 heterocycles. The third-order valence-electron chi connectivity index (χ3n) is 3.14. The monoisotopic (exact) mass is 321 g/mol. The summed E-state index contributed by atoms with van der Waals surface area (Å²) < 4.78 is 5.30. The van der Waals surface area contributed by atoms with Crippen LogP contribution in [0.5, 0.6) is 5.75 Å². The number of nitrogens with zero attached hydrogens (tertiary/aromatic N) is 1. The summed E-state index contributed by atoms with van der Waals surface area (Å²) in [5, 5.41) is 19.7. The Kier molecular flexibility index (Phi) is 6.55. The minimum Gasteiger partial charge on any atom is -0.495 e. The van der Waals surface area contributed by atoms with E-state index in [9.17, 15) is 10.2 Å². The SMILES string of the molecule is COc1c(Cl)cc(Cl)cc1CN(C)CC(C)(CO)CO. The van der Waals surface area contributed by atoms with E-state index >= 15 is 0 Å². The van der Waals surface area contributed by atoms with Crippen LogP contribution in [0.15, 0.2) is 12.1 Å². The van der Waals surface area contributed by atoms with Crippen LogP contribution in [-0.2, 0) is 6.54 Å². The van der Waals surface area contributed by atoms with Crippen molar-refractivity contribution >= 4 is 23.2 Å². The van der Waals surface area contributed by atoms with E-state index in [1.165, 1.54) is 0 Å². The summed E-state index contributed by atoms with van der Waals surface area (Å²) in [6, 6.07) is 3.44. The highest BCUT2D eigenvalue weighted by atomic mass is 35.5. The average Bonchev–Trinajstić information content (AvgIpc) is 2.38. The van der Waals surface area contributed by atoms with Crippen molar-refractivity contribution in [2.45, 2.75) is 13.5 Å². The molecule has 0 unspecified atom stereocenters. The molecule has 0 fully saturated rings. The first-order chi connectivity index (χ1) is 9.35. The summed E-state index contributed by atoms with van der Waals surface area (Å²) >= 11 is 12.1. The van der Waals surface area contributed by atoms with E-state index in [1.807, 2.05) is 18.9 Å². The third-order valence-corrected chi connectivity index (χ3v) is 3.64. The van der Waals surface area contributed by atoms with Crippen LogP contribution in [0.1, 0.15) is 12.5 Å². The van der Waals surface area contributed by atoms with Gasteiger partial charge in [-0.2, -0.15) is 0 Å². The maximum Gasteiger partial charge on any atom is 0.142 e. The lowest BCUT2D eigenvalue weighted by Gasteiger charge is -2.30. The fourth-order valence-corrected chi connectivity index (χ4v) is 2.72. The number of hydrogen-bond donors (Lipinski definition) is 2. The fraction of sp³-hybridized carbons (Fsp3) is 0.571. The standard InChI is InChI=1S/C14H21Cl2NO3/c1-14(8-18,9-19)7-17(2)6-10-4-11(15)5-12(16)13(10)20-3/h4-5,18-19H,6-9H2,1-3H3. The van der Waals surface area contributed by atoms with Crippen LogP contribution in [-0.4, -0.2) is 49.0 Å². The van der Waals surface area contributed by atoms with Crippen molar-refractivity contribution in [3.63, 3.8) is 0 Å². The van der Waals surface area contributed by atoms with Gasteiger partial charge in [0.25, 0.3) is 0 Å². The largest absolute Gasteiger partial charge is 0.495 e. The third kappa shape index (κ3) is 4.50. The van der Waals surface area contributed by atoms with E-state index in [2.05, 4.69) is 0 Å². The van der Waals surface area contributed by atoms with Crippen molar-refractivity contribution in [2.24, 2.45) is 5.41 Å². The molecule has 114 valence electrons. The summed E-state index contributed by atoms with van der Waals surface area (Å²) in [6.07, 6.45) is 0. The second-order valence-electron chi connectivity index (χ2n) is 5.38. The molecule has 0 aromatic heterocycles. The molecule has 0 atom stereocenters. The second-order valence-corrected chi connectivity index (χ2v) is 6.22. The van der Waals surface area contributed by atoms with Gasteiger partial charge in [0.15, 0.2) is 0 Å². The van der Waals surface area contributed by atoms with Gasteiger partial charge >= 0.3 is 0 Å². The van der Waals surface area contributed by atoms with Gasteiger partial charge in [0.05, 0.1) is 25.3 Å². The molecule has 0 radical (unpaired) electrons. The summed E-state index contributed by atoms with van der Waals surface area (Å²) in [5.74, 6) is 0.595. The number of hydrogen-bond acceptors (Lipinski definition) is 4. The predicted octanol–water partition coefficient (Wildman–Crippen LogP) is 2.42. The Morgan fingerprint density at radius 3 is 2.35 bits per heavy atom. The molecule has 2 N–H and O–H groups in total. The van der Waals surface area contributed by atoms with Crippen molar-refractivity contribution < 1.29 is 14.9 Å². The normalized spacial score (nSPS) is 12.0. The lowest BCUT2D eigenvalue weighted by molar-refractivity contribution is 0.0400. The van der Waals surface area contributed by atoms with Crippen molar-refractivity contribution in [1.82, 2.24) is 4.90 Å². The maximum atomic E-state index is 9.34. The van der Waals surface area contributed by atoms with E-state index in [4.69, 9.17) is 27.9 Å². The molecule has 0 saturated carbocycles. The Balaban J connectivity index is 2.88. The van der Waals surface area contributed by atoms with Gasteiger partial charge in [-0.1, -0.05) is 30.1 Å². The zero-order valence-electron chi connectivity index (χ0n) is 12.0. The molecular weight excluding hydrogens is 301 g/mol. The summed E-state index contributed by atoms with van der Waals surface area (Å²) in [5.41, 5.74) is 0.315. The first kappa shape index (κ1) is 17.5. The molecule has 1 aromatic rings. The molecule has 20 heavy (non-hydrogen) atoms. The van der Waals surface area contributed by atoms with Gasteiger partial charge in [0.1, 0.15) is 5.75 Å². The molecule has 0 aliphatic heterocycles. The van der Waals surface area contributed by atoms with E-state index in [-0.39, 0.29) is 13.2 Å². The molecule has 0 aliphatic rings. The Hall–Kier alpha value is -0.520. The van der Waals surface area contributed by atoms with Crippen LogP contribution in [0, 0.1) is 5.41 Å². The highest BCUT2D eigenvalue weighted by Crippen LogP contribution is 2.33. The van der Waals surface area contributed by atoms with Crippen LogP contribution in [0.3, 0.4) is 0 Å². The molecule has 0 spiro atoms. The van der Waals surface area contributed by atoms with E-state index in [0.29, 0.717) is 28.9 Å². The zero-order chi connectivity index (χ0) is 15.3. The Morgan fingerprint density at radius 1 is 1.25 bits per heavy atom. The number of ether oxygens (including phenoxy) is 1. The van der Waals surface area contributed by atoms with Gasteiger partial charge < -0.3 is 19.8 Å². The maximum absolute atomic E-state index is 9.34. The van der Waals surface area contributed by atoms with Gasteiger partial charge in [-0.05, 0) is 19.2 Å². The predicted molar refractivity (Wildman–Crippen MR) is 81.6 cm³/mol. The van der Waals surface area contributed by atoms with Crippen LogP contribution in [0.25, 0.3) is 0 Å². The second kappa shape index (κ2) is 7.48. The van der Waals surface area contributed by atoms with Crippen molar-refractivity contribution in [1.29, 1.82) is 0 Å². The lowest BCUT2D eigenvalue weighted by Crippen LogP contribution is -2.38. The highest BCUT2D eigenvalue weighted by molar-refractivity contribution is 6.35. The zero-order valence-corrected chi connectivity index (χ0v) is 13.5. The van der Waals surface area contributed by atoms with E-state index in [1.54, 1.807) is 19.2 Å². The van der Waals surface area contributed by atoms with Gasteiger partial charge in [-0.3, -0.25) is 0 Å². The van der Waals surface area contributed by atoms with Gasteiger partial charge in [-0.25, -0.2) is 0 Å².